The van der Waals surface area contributed by atoms with E-state index in [1.165, 1.54) is 12.5 Å². The van der Waals surface area contributed by atoms with Gasteiger partial charge < -0.3 is 9.67 Å². The molecule has 76 valence electrons. The molecule has 1 aromatic heterocycles. The molecule has 1 heterocycles. The number of ketones is 1. The molecule has 1 unspecified atom stereocenters. The molecule has 0 aliphatic heterocycles. The molecule has 0 radical (unpaired) electrons. The summed E-state index contributed by atoms with van der Waals surface area (Å²) in [6.07, 6.45) is 2.81. The summed E-state index contributed by atoms with van der Waals surface area (Å²) in [5, 5.41) is 8.52. The highest BCUT2D eigenvalue weighted by molar-refractivity contribution is 5.97. The number of carboxylic acid groups (broad SMARTS) is 1. The Hall–Kier alpha value is -1.65. The summed E-state index contributed by atoms with van der Waals surface area (Å²) in [5.74, 6) is -1.66. The molecule has 0 bridgehead atoms. The highest BCUT2D eigenvalue weighted by Gasteiger charge is 2.20. The molecule has 1 atom stereocenters. The normalized spacial score (nSPS) is 12.4. The predicted octanol–water partition coefficient (Wildman–Crippen LogP) is 0.714. The van der Waals surface area contributed by atoms with Crippen LogP contribution in [0.25, 0.3) is 0 Å². The average molecular weight is 196 g/mol. The number of carbonyl (C=O) groups is 2. The first-order chi connectivity index (χ1) is 6.52. The largest absolute Gasteiger partial charge is 0.481 e. The Kier molecular flexibility index (Phi) is 3.01. The molecule has 14 heavy (non-hydrogen) atoms. The topological polar surface area (TPSA) is 72.2 Å². The molecule has 0 saturated carbocycles. The van der Waals surface area contributed by atoms with Crippen molar-refractivity contribution < 1.29 is 14.7 Å². The zero-order chi connectivity index (χ0) is 10.7. The number of nitrogens with zero attached hydrogens (tertiary/aromatic N) is 2. The second-order valence-corrected chi connectivity index (χ2v) is 3.25. The molecule has 5 nitrogen and oxygen atoms in total. The number of aliphatic carboxylic acids is 1. The van der Waals surface area contributed by atoms with Crippen LogP contribution in [0, 0.1) is 5.92 Å². The minimum absolute atomic E-state index is 0.149. The van der Waals surface area contributed by atoms with E-state index >= 15 is 0 Å². The molecule has 0 saturated heterocycles. The summed E-state index contributed by atoms with van der Waals surface area (Å²) in [4.78, 5) is 25.8. The van der Waals surface area contributed by atoms with E-state index < -0.39 is 11.9 Å². The molecule has 0 aliphatic rings. The van der Waals surface area contributed by atoms with Crippen LogP contribution in [-0.4, -0.2) is 26.4 Å². The summed E-state index contributed by atoms with van der Waals surface area (Å²) in [6.45, 7) is 1.60. The van der Waals surface area contributed by atoms with Crippen LogP contribution >= 0.6 is 0 Å². The van der Waals surface area contributed by atoms with Gasteiger partial charge in [0, 0.05) is 13.0 Å². The Balaban J connectivity index is 2.76. The van der Waals surface area contributed by atoms with Crippen LogP contribution in [0.15, 0.2) is 12.5 Å². The van der Waals surface area contributed by atoms with E-state index in [2.05, 4.69) is 4.98 Å². The summed E-state index contributed by atoms with van der Waals surface area (Å²) < 4.78 is 1.58. The van der Waals surface area contributed by atoms with Crippen molar-refractivity contribution in [2.75, 3.05) is 0 Å². The lowest BCUT2D eigenvalue weighted by molar-refractivity contribution is -0.137. The van der Waals surface area contributed by atoms with Crippen LogP contribution < -0.4 is 0 Å². The van der Waals surface area contributed by atoms with E-state index in [0.717, 1.165) is 0 Å². The number of carbonyl (C=O) groups excluding carboxylic acids is 1. The highest BCUT2D eigenvalue weighted by atomic mass is 16.4. The third-order valence-corrected chi connectivity index (χ3v) is 2.00. The van der Waals surface area contributed by atoms with Gasteiger partial charge in [-0.2, -0.15) is 0 Å². The van der Waals surface area contributed by atoms with Crippen molar-refractivity contribution >= 4 is 11.8 Å². The predicted molar refractivity (Wildman–Crippen MR) is 49.0 cm³/mol. The van der Waals surface area contributed by atoms with Gasteiger partial charge in [0.1, 0.15) is 5.69 Å². The fourth-order valence-electron chi connectivity index (χ4n) is 1.20. The molecule has 0 amide bonds. The van der Waals surface area contributed by atoms with Gasteiger partial charge in [0.05, 0.1) is 18.9 Å². The summed E-state index contributed by atoms with van der Waals surface area (Å²) in [7, 11) is 1.70. The van der Waals surface area contributed by atoms with Crippen molar-refractivity contribution in [1.82, 2.24) is 9.55 Å². The molecular formula is C9H12N2O3. The van der Waals surface area contributed by atoms with Crippen molar-refractivity contribution in [3.63, 3.8) is 0 Å². The number of aryl methyl sites for hydroxylation is 1. The third kappa shape index (κ3) is 2.18. The Morgan fingerprint density at radius 2 is 2.29 bits per heavy atom. The van der Waals surface area contributed by atoms with E-state index in [1.807, 2.05) is 0 Å². The molecule has 5 heteroatoms. The van der Waals surface area contributed by atoms with Crippen molar-refractivity contribution in [3.8, 4) is 0 Å². The molecule has 1 aromatic rings. The van der Waals surface area contributed by atoms with Crippen LogP contribution in [0.2, 0.25) is 0 Å². The minimum atomic E-state index is -0.965. The van der Waals surface area contributed by atoms with E-state index in [4.69, 9.17) is 5.11 Å². The molecule has 0 aromatic carbocycles. The van der Waals surface area contributed by atoms with Crippen molar-refractivity contribution in [1.29, 1.82) is 0 Å². The van der Waals surface area contributed by atoms with Crippen molar-refractivity contribution in [2.24, 2.45) is 13.0 Å². The molecule has 1 rings (SSSR count). The standard InChI is InChI=1S/C9H12N2O3/c1-6(3-8(12)13)9(14)7-4-10-5-11(7)2/h4-6H,3H2,1-2H3,(H,12,13). The van der Waals surface area contributed by atoms with E-state index in [1.54, 1.807) is 18.5 Å². The lowest BCUT2D eigenvalue weighted by atomic mass is 10.0. The summed E-state index contributed by atoms with van der Waals surface area (Å²) in [5.41, 5.74) is 0.443. The fraction of sp³-hybridized carbons (Fsp3) is 0.444. The van der Waals surface area contributed by atoms with E-state index in [0.29, 0.717) is 5.69 Å². The Bertz CT molecular complexity index is 357. The van der Waals surface area contributed by atoms with Crippen LogP contribution in [0.4, 0.5) is 0 Å². The lowest BCUT2D eigenvalue weighted by Crippen LogP contribution is -2.17. The fourth-order valence-corrected chi connectivity index (χ4v) is 1.20. The number of hydrogen-bond acceptors (Lipinski definition) is 3. The maximum atomic E-state index is 11.6. The number of imidazole rings is 1. The van der Waals surface area contributed by atoms with Gasteiger partial charge in [-0.1, -0.05) is 6.92 Å². The van der Waals surface area contributed by atoms with Gasteiger partial charge in [-0.15, -0.1) is 0 Å². The van der Waals surface area contributed by atoms with Crippen LogP contribution in [-0.2, 0) is 11.8 Å². The minimum Gasteiger partial charge on any atom is -0.481 e. The lowest BCUT2D eigenvalue weighted by Gasteiger charge is -2.07. The number of rotatable bonds is 4. The second kappa shape index (κ2) is 4.04. The SMILES string of the molecule is CC(CC(=O)O)C(=O)c1cncn1C. The van der Waals surface area contributed by atoms with Crippen molar-refractivity contribution in [3.05, 3.63) is 18.2 Å². The summed E-state index contributed by atoms with van der Waals surface area (Å²) >= 11 is 0. The molecular weight excluding hydrogens is 184 g/mol. The van der Waals surface area contributed by atoms with Gasteiger partial charge in [-0.3, -0.25) is 9.59 Å². The average Bonchev–Trinajstić information content (AvgIpc) is 2.48. The molecule has 1 N–H and O–H groups in total. The van der Waals surface area contributed by atoms with Gasteiger partial charge in [-0.05, 0) is 0 Å². The maximum absolute atomic E-state index is 11.6. The van der Waals surface area contributed by atoms with E-state index in [9.17, 15) is 9.59 Å². The maximum Gasteiger partial charge on any atom is 0.304 e. The second-order valence-electron chi connectivity index (χ2n) is 3.25. The first-order valence-electron chi connectivity index (χ1n) is 4.24. The molecule has 0 fully saturated rings. The number of Topliss-reactive ketones (excluding diaryl/α,β-unsaturated/α-hetero) is 1. The number of hydrogen-bond donors (Lipinski definition) is 1. The van der Waals surface area contributed by atoms with E-state index in [-0.39, 0.29) is 12.2 Å². The number of carboxylic acids is 1. The zero-order valence-electron chi connectivity index (χ0n) is 8.10. The Morgan fingerprint density at radius 3 is 2.71 bits per heavy atom. The smallest absolute Gasteiger partial charge is 0.304 e. The number of aromatic nitrogens is 2. The Morgan fingerprint density at radius 1 is 1.64 bits per heavy atom. The van der Waals surface area contributed by atoms with Gasteiger partial charge in [0.15, 0.2) is 5.78 Å². The monoisotopic (exact) mass is 196 g/mol. The quantitative estimate of drug-likeness (QED) is 0.720. The van der Waals surface area contributed by atoms with Gasteiger partial charge in [-0.25, -0.2) is 4.98 Å². The van der Waals surface area contributed by atoms with Gasteiger partial charge in [0.2, 0.25) is 0 Å². The highest BCUT2D eigenvalue weighted by Crippen LogP contribution is 2.10. The third-order valence-electron chi connectivity index (χ3n) is 2.00. The first kappa shape index (κ1) is 10.4. The van der Waals surface area contributed by atoms with Gasteiger partial charge >= 0.3 is 5.97 Å². The van der Waals surface area contributed by atoms with Gasteiger partial charge in [0.25, 0.3) is 0 Å². The van der Waals surface area contributed by atoms with Crippen LogP contribution in [0.3, 0.4) is 0 Å². The summed E-state index contributed by atoms with van der Waals surface area (Å²) in [6, 6.07) is 0. The zero-order valence-corrected chi connectivity index (χ0v) is 8.10. The molecule has 0 spiro atoms. The van der Waals surface area contributed by atoms with Crippen molar-refractivity contribution in [2.45, 2.75) is 13.3 Å². The Labute approximate surface area is 81.4 Å². The van der Waals surface area contributed by atoms with Crippen LogP contribution in [0.5, 0.6) is 0 Å². The van der Waals surface area contributed by atoms with Crippen LogP contribution in [0.1, 0.15) is 23.8 Å². The first-order valence-corrected chi connectivity index (χ1v) is 4.24. The molecule has 0 aliphatic carbocycles.